The van der Waals surface area contributed by atoms with Crippen LogP contribution in [0, 0.1) is 0 Å². The molecule has 0 saturated carbocycles. The lowest BCUT2D eigenvalue weighted by Crippen LogP contribution is -2.04. The SMILES string of the molecule is NCc1cc(-c2ccc(C(F)(F)F)cc2Br)no1. The quantitative estimate of drug-likeness (QED) is 0.920. The molecule has 96 valence electrons. The molecule has 2 rings (SSSR count). The normalized spacial score (nSPS) is 11.8. The molecule has 1 aromatic carbocycles. The predicted octanol–water partition coefficient (Wildman–Crippen LogP) is 3.58. The summed E-state index contributed by atoms with van der Waals surface area (Å²) in [7, 11) is 0. The lowest BCUT2D eigenvalue weighted by molar-refractivity contribution is -0.137. The largest absolute Gasteiger partial charge is 0.416 e. The van der Waals surface area contributed by atoms with Crippen LogP contribution < -0.4 is 5.73 Å². The summed E-state index contributed by atoms with van der Waals surface area (Å²) in [5.41, 5.74) is 5.61. The van der Waals surface area contributed by atoms with Crippen molar-refractivity contribution >= 4 is 15.9 Å². The van der Waals surface area contributed by atoms with Gasteiger partial charge >= 0.3 is 6.18 Å². The van der Waals surface area contributed by atoms with E-state index >= 15 is 0 Å². The number of hydrogen-bond acceptors (Lipinski definition) is 3. The topological polar surface area (TPSA) is 52.0 Å². The van der Waals surface area contributed by atoms with E-state index in [1.807, 2.05) is 0 Å². The van der Waals surface area contributed by atoms with Gasteiger partial charge < -0.3 is 10.3 Å². The van der Waals surface area contributed by atoms with Crippen LogP contribution in [0.2, 0.25) is 0 Å². The van der Waals surface area contributed by atoms with E-state index in [0.717, 1.165) is 12.1 Å². The minimum absolute atomic E-state index is 0.186. The summed E-state index contributed by atoms with van der Waals surface area (Å²) < 4.78 is 42.7. The zero-order valence-electron chi connectivity index (χ0n) is 8.96. The highest BCUT2D eigenvalue weighted by atomic mass is 79.9. The van der Waals surface area contributed by atoms with E-state index in [1.165, 1.54) is 6.07 Å². The van der Waals surface area contributed by atoms with Gasteiger partial charge in [0.1, 0.15) is 5.69 Å². The average molecular weight is 321 g/mol. The highest BCUT2D eigenvalue weighted by molar-refractivity contribution is 9.10. The standard InChI is InChI=1S/C11H8BrF3N2O/c12-9-3-6(11(13,14)15)1-2-8(9)10-4-7(5-16)18-17-10/h1-4H,5,16H2. The molecular formula is C11H8BrF3N2O. The van der Waals surface area contributed by atoms with Crippen molar-refractivity contribution in [2.75, 3.05) is 0 Å². The van der Waals surface area contributed by atoms with Crippen LogP contribution in [0.15, 0.2) is 33.3 Å². The molecule has 0 unspecified atom stereocenters. The monoisotopic (exact) mass is 320 g/mol. The minimum Gasteiger partial charge on any atom is -0.359 e. The Balaban J connectivity index is 2.41. The Kier molecular flexibility index (Phi) is 3.45. The Bertz CT molecular complexity index is 566. The molecule has 0 saturated heterocycles. The van der Waals surface area contributed by atoms with Crippen molar-refractivity contribution in [2.45, 2.75) is 12.7 Å². The molecule has 0 aliphatic carbocycles. The Morgan fingerprint density at radius 1 is 1.28 bits per heavy atom. The molecule has 0 atom stereocenters. The first-order chi connectivity index (χ1) is 8.41. The molecule has 7 heteroatoms. The summed E-state index contributed by atoms with van der Waals surface area (Å²) in [4.78, 5) is 0. The summed E-state index contributed by atoms with van der Waals surface area (Å²) >= 11 is 3.09. The molecule has 1 aromatic heterocycles. The van der Waals surface area contributed by atoms with Crippen LogP contribution in [0.4, 0.5) is 13.2 Å². The maximum absolute atomic E-state index is 12.5. The van der Waals surface area contributed by atoms with Crippen molar-refractivity contribution in [3.05, 3.63) is 40.1 Å². The molecule has 0 aliphatic heterocycles. The van der Waals surface area contributed by atoms with E-state index in [4.69, 9.17) is 10.3 Å². The lowest BCUT2D eigenvalue weighted by Gasteiger charge is -2.08. The summed E-state index contributed by atoms with van der Waals surface area (Å²) in [6.45, 7) is 0.186. The maximum Gasteiger partial charge on any atom is 0.416 e. The van der Waals surface area contributed by atoms with Crippen LogP contribution in [0.25, 0.3) is 11.3 Å². The van der Waals surface area contributed by atoms with Crippen molar-refractivity contribution in [1.82, 2.24) is 5.16 Å². The van der Waals surface area contributed by atoms with E-state index in [1.54, 1.807) is 6.07 Å². The van der Waals surface area contributed by atoms with Gasteiger partial charge in [-0.25, -0.2) is 0 Å². The maximum atomic E-state index is 12.5. The third-order valence-electron chi connectivity index (χ3n) is 2.33. The van der Waals surface area contributed by atoms with Crippen LogP contribution in [0.1, 0.15) is 11.3 Å². The Hall–Kier alpha value is -1.34. The number of benzene rings is 1. The van der Waals surface area contributed by atoms with Gasteiger partial charge in [0.2, 0.25) is 0 Å². The van der Waals surface area contributed by atoms with E-state index in [9.17, 15) is 13.2 Å². The third-order valence-corrected chi connectivity index (χ3v) is 2.99. The van der Waals surface area contributed by atoms with E-state index in [-0.39, 0.29) is 6.54 Å². The fourth-order valence-electron chi connectivity index (χ4n) is 1.44. The molecule has 0 spiro atoms. The second kappa shape index (κ2) is 4.74. The van der Waals surface area contributed by atoms with Gasteiger partial charge in [0.25, 0.3) is 0 Å². The van der Waals surface area contributed by atoms with E-state index < -0.39 is 11.7 Å². The van der Waals surface area contributed by atoms with Crippen LogP contribution in [0.3, 0.4) is 0 Å². The molecule has 0 amide bonds. The summed E-state index contributed by atoms with van der Waals surface area (Å²) in [6, 6.07) is 4.93. The number of hydrogen-bond donors (Lipinski definition) is 1. The van der Waals surface area contributed by atoms with Crippen LogP contribution >= 0.6 is 15.9 Å². The van der Waals surface area contributed by atoms with Gasteiger partial charge in [0, 0.05) is 16.1 Å². The van der Waals surface area contributed by atoms with Crippen molar-refractivity contribution in [3.8, 4) is 11.3 Å². The Morgan fingerprint density at radius 2 is 2.00 bits per heavy atom. The van der Waals surface area contributed by atoms with Gasteiger partial charge in [-0.15, -0.1) is 0 Å². The highest BCUT2D eigenvalue weighted by Gasteiger charge is 2.31. The summed E-state index contributed by atoms with van der Waals surface area (Å²) in [5.74, 6) is 0.469. The van der Waals surface area contributed by atoms with Gasteiger partial charge in [-0.1, -0.05) is 27.2 Å². The first-order valence-corrected chi connectivity index (χ1v) is 5.74. The number of aromatic nitrogens is 1. The molecule has 0 aliphatic rings. The first-order valence-electron chi connectivity index (χ1n) is 4.94. The Morgan fingerprint density at radius 3 is 2.50 bits per heavy atom. The second-order valence-corrected chi connectivity index (χ2v) is 4.43. The smallest absolute Gasteiger partial charge is 0.359 e. The van der Waals surface area contributed by atoms with E-state index in [2.05, 4.69) is 21.1 Å². The minimum atomic E-state index is -4.37. The Labute approximate surface area is 109 Å². The van der Waals surface area contributed by atoms with Gasteiger partial charge in [-0.2, -0.15) is 13.2 Å². The molecule has 2 N–H and O–H groups in total. The van der Waals surface area contributed by atoms with Crippen molar-refractivity contribution < 1.29 is 17.7 Å². The molecule has 0 radical (unpaired) electrons. The predicted molar refractivity (Wildman–Crippen MR) is 62.5 cm³/mol. The van der Waals surface area contributed by atoms with Crippen LogP contribution in [-0.2, 0) is 12.7 Å². The van der Waals surface area contributed by atoms with Crippen LogP contribution in [0.5, 0.6) is 0 Å². The fourth-order valence-corrected chi connectivity index (χ4v) is 2.02. The molecular weight excluding hydrogens is 313 g/mol. The molecule has 3 nitrogen and oxygen atoms in total. The molecule has 18 heavy (non-hydrogen) atoms. The number of rotatable bonds is 2. The molecule has 0 bridgehead atoms. The summed E-state index contributed by atoms with van der Waals surface area (Å²) in [5, 5.41) is 3.74. The van der Waals surface area contributed by atoms with Crippen LogP contribution in [-0.4, -0.2) is 5.16 Å². The third kappa shape index (κ3) is 2.56. The van der Waals surface area contributed by atoms with Gasteiger partial charge in [-0.3, -0.25) is 0 Å². The second-order valence-electron chi connectivity index (χ2n) is 3.57. The van der Waals surface area contributed by atoms with Crippen molar-refractivity contribution in [3.63, 3.8) is 0 Å². The number of nitrogens with two attached hydrogens (primary N) is 1. The zero-order chi connectivity index (χ0) is 13.3. The average Bonchev–Trinajstić information content (AvgIpc) is 2.76. The van der Waals surface area contributed by atoms with Gasteiger partial charge in [-0.05, 0) is 12.1 Å². The van der Waals surface area contributed by atoms with Gasteiger partial charge in [0.15, 0.2) is 5.76 Å². The summed E-state index contributed by atoms with van der Waals surface area (Å²) in [6.07, 6.45) is -4.37. The highest BCUT2D eigenvalue weighted by Crippen LogP contribution is 2.35. The number of halogens is 4. The van der Waals surface area contributed by atoms with Crippen molar-refractivity contribution in [2.24, 2.45) is 5.73 Å². The number of alkyl halides is 3. The molecule has 1 heterocycles. The molecule has 0 fully saturated rings. The number of nitrogens with zero attached hydrogens (tertiary/aromatic N) is 1. The first kappa shape index (κ1) is 13.1. The zero-order valence-corrected chi connectivity index (χ0v) is 10.5. The van der Waals surface area contributed by atoms with Gasteiger partial charge in [0.05, 0.1) is 12.1 Å². The molecule has 2 aromatic rings. The van der Waals surface area contributed by atoms with E-state index in [0.29, 0.717) is 21.5 Å². The van der Waals surface area contributed by atoms with Crippen molar-refractivity contribution in [1.29, 1.82) is 0 Å². The lowest BCUT2D eigenvalue weighted by atomic mass is 10.1. The fraction of sp³-hybridized carbons (Fsp3) is 0.182.